The topological polar surface area (TPSA) is 44.5 Å². The fourth-order valence-corrected chi connectivity index (χ4v) is 1.66. The van der Waals surface area contributed by atoms with Crippen LogP contribution >= 0.6 is 22.6 Å². The summed E-state index contributed by atoms with van der Waals surface area (Å²) in [6.45, 7) is 6.68. The van der Waals surface area contributed by atoms with Crippen molar-refractivity contribution < 1.29 is 13.9 Å². The first-order chi connectivity index (χ1) is 7.79. The van der Waals surface area contributed by atoms with Crippen molar-refractivity contribution in [3.05, 3.63) is 21.5 Å². The molecule has 96 valence electrons. The molecule has 0 atom stereocenters. The van der Waals surface area contributed by atoms with E-state index in [1.165, 1.54) is 6.07 Å². The van der Waals surface area contributed by atoms with Gasteiger partial charge in [-0.05, 0) is 49.4 Å². The molecule has 0 saturated carbocycles. The summed E-state index contributed by atoms with van der Waals surface area (Å²) in [4.78, 5) is 0. The Morgan fingerprint density at radius 3 is 2.53 bits per heavy atom. The average Bonchev–Trinajstić information content (AvgIpc) is 2.18. The molecule has 3 nitrogen and oxygen atoms in total. The van der Waals surface area contributed by atoms with E-state index in [1.54, 1.807) is 6.07 Å². The Morgan fingerprint density at radius 1 is 1.29 bits per heavy atom. The maximum absolute atomic E-state index is 13.3. The van der Waals surface area contributed by atoms with Gasteiger partial charge in [0.05, 0.1) is 21.5 Å². The molecule has 0 amide bonds. The van der Waals surface area contributed by atoms with Crippen molar-refractivity contribution in [3.8, 4) is 5.75 Å². The Morgan fingerprint density at radius 2 is 1.94 bits per heavy atom. The lowest BCUT2D eigenvalue weighted by Crippen LogP contribution is -2.22. The first-order valence-electron chi connectivity index (χ1n) is 5.31. The van der Waals surface area contributed by atoms with E-state index < -0.39 is 0 Å². The second kappa shape index (κ2) is 5.86. The van der Waals surface area contributed by atoms with Gasteiger partial charge in [0, 0.05) is 6.07 Å². The number of hydrogen-bond donors (Lipinski definition) is 1. The number of halogens is 2. The van der Waals surface area contributed by atoms with Crippen LogP contribution in [0.3, 0.4) is 0 Å². The third-order valence-electron chi connectivity index (χ3n) is 1.93. The quantitative estimate of drug-likeness (QED) is 0.514. The lowest BCUT2D eigenvalue weighted by Gasteiger charge is -2.19. The van der Waals surface area contributed by atoms with Gasteiger partial charge in [-0.25, -0.2) is 4.39 Å². The van der Waals surface area contributed by atoms with Gasteiger partial charge < -0.3 is 15.2 Å². The van der Waals surface area contributed by atoms with Gasteiger partial charge in [0.2, 0.25) is 0 Å². The Hall–Kier alpha value is -0.560. The minimum atomic E-state index is -0.327. The molecule has 0 fully saturated rings. The van der Waals surface area contributed by atoms with Gasteiger partial charge in [-0.2, -0.15) is 0 Å². The Bertz CT molecular complexity index is 391. The van der Waals surface area contributed by atoms with E-state index in [9.17, 15) is 4.39 Å². The summed E-state index contributed by atoms with van der Waals surface area (Å²) >= 11 is 1.89. The van der Waals surface area contributed by atoms with E-state index in [-0.39, 0.29) is 11.4 Å². The first-order valence-corrected chi connectivity index (χ1v) is 6.39. The SMILES string of the molecule is CC(C)(C)OCCOc1cc(F)c(I)cc1N. The summed E-state index contributed by atoms with van der Waals surface area (Å²) in [5, 5.41) is 0. The fraction of sp³-hybridized carbons (Fsp3) is 0.500. The van der Waals surface area contributed by atoms with Crippen LogP contribution < -0.4 is 10.5 Å². The molecule has 0 radical (unpaired) electrons. The van der Waals surface area contributed by atoms with Gasteiger partial charge in [-0.3, -0.25) is 0 Å². The summed E-state index contributed by atoms with van der Waals surface area (Å²) in [7, 11) is 0. The van der Waals surface area contributed by atoms with Gasteiger partial charge in [-0.1, -0.05) is 0 Å². The van der Waals surface area contributed by atoms with Crippen molar-refractivity contribution in [1.29, 1.82) is 0 Å². The Labute approximate surface area is 115 Å². The highest BCUT2D eigenvalue weighted by atomic mass is 127. The smallest absolute Gasteiger partial charge is 0.145 e. The zero-order valence-corrected chi connectivity index (χ0v) is 12.4. The van der Waals surface area contributed by atoms with Crippen molar-refractivity contribution in [2.75, 3.05) is 18.9 Å². The second-order valence-corrected chi connectivity index (χ2v) is 5.78. The molecule has 0 heterocycles. The predicted molar refractivity (Wildman–Crippen MR) is 74.7 cm³/mol. The molecule has 5 heteroatoms. The van der Waals surface area contributed by atoms with Crippen LogP contribution in [0.2, 0.25) is 0 Å². The number of anilines is 1. The molecule has 0 aliphatic heterocycles. The van der Waals surface area contributed by atoms with Gasteiger partial charge in [0.1, 0.15) is 18.2 Å². The molecular formula is C12H17FINO2. The predicted octanol–water partition coefficient (Wildman–Crippen LogP) is 3.21. The molecule has 2 N–H and O–H groups in total. The first kappa shape index (κ1) is 14.5. The fourth-order valence-electron chi connectivity index (χ4n) is 1.17. The van der Waals surface area contributed by atoms with Crippen LogP contribution in [0.5, 0.6) is 5.75 Å². The number of hydrogen-bond acceptors (Lipinski definition) is 3. The number of benzene rings is 1. The van der Waals surface area contributed by atoms with Crippen molar-refractivity contribution in [2.24, 2.45) is 0 Å². The molecule has 0 unspecified atom stereocenters. The molecule has 0 aliphatic carbocycles. The molecule has 0 aromatic heterocycles. The number of ether oxygens (including phenoxy) is 2. The third-order valence-corrected chi connectivity index (χ3v) is 2.76. The van der Waals surface area contributed by atoms with Gasteiger partial charge >= 0.3 is 0 Å². The molecule has 0 bridgehead atoms. The number of nitrogens with two attached hydrogens (primary N) is 1. The van der Waals surface area contributed by atoms with Crippen molar-refractivity contribution in [2.45, 2.75) is 26.4 Å². The van der Waals surface area contributed by atoms with Crippen LogP contribution in [0.1, 0.15) is 20.8 Å². The minimum absolute atomic E-state index is 0.202. The monoisotopic (exact) mass is 353 g/mol. The summed E-state index contributed by atoms with van der Waals surface area (Å²) in [6.07, 6.45) is 0. The van der Waals surface area contributed by atoms with Crippen LogP contribution in [-0.4, -0.2) is 18.8 Å². The van der Waals surface area contributed by atoms with E-state index >= 15 is 0 Å². The van der Waals surface area contributed by atoms with E-state index in [0.29, 0.717) is 28.2 Å². The zero-order valence-electron chi connectivity index (χ0n) is 10.2. The highest BCUT2D eigenvalue weighted by Crippen LogP contribution is 2.26. The minimum Gasteiger partial charge on any atom is -0.489 e. The normalized spacial score (nSPS) is 11.6. The van der Waals surface area contributed by atoms with Crippen molar-refractivity contribution in [1.82, 2.24) is 0 Å². The van der Waals surface area contributed by atoms with Crippen molar-refractivity contribution >= 4 is 28.3 Å². The van der Waals surface area contributed by atoms with E-state index in [4.69, 9.17) is 15.2 Å². The molecule has 1 aromatic rings. The lowest BCUT2D eigenvalue weighted by molar-refractivity contribution is -0.0162. The third kappa shape index (κ3) is 5.08. The van der Waals surface area contributed by atoms with Crippen LogP contribution in [0.4, 0.5) is 10.1 Å². The van der Waals surface area contributed by atoms with Gasteiger partial charge in [0.15, 0.2) is 0 Å². The van der Waals surface area contributed by atoms with E-state index in [1.807, 2.05) is 43.4 Å². The largest absolute Gasteiger partial charge is 0.489 e. The maximum atomic E-state index is 13.3. The summed E-state index contributed by atoms with van der Waals surface area (Å²) < 4.78 is 24.6. The standard InChI is InChI=1S/C12H17FINO2/c1-12(2,3)17-5-4-16-11-6-8(13)9(14)7-10(11)15/h6-7H,4-5,15H2,1-3H3. The van der Waals surface area contributed by atoms with Crippen LogP contribution in [0.25, 0.3) is 0 Å². The van der Waals surface area contributed by atoms with Crippen LogP contribution in [0.15, 0.2) is 12.1 Å². The summed E-state index contributed by atoms with van der Waals surface area (Å²) in [5.74, 6) is 0.0342. The molecular weight excluding hydrogens is 336 g/mol. The molecule has 1 aromatic carbocycles. The zero-order chi connectivity index (χ0) is 13.1. The van der Waals surface area contributed by atoms with E-state index in [0.717, 1.165) is 0 Å². The molecule has 0 aliphatic rings. The average molecular weight is 353 g/mol. The Balaban J connectivity index is 2.50. The number of nitrogen functional groups attached to an aromatic ring is 1. The van der Waals surface area contributed by atoms with E-state index in [2.05, 4.69) is 0 Å². The summed E-state index contributed by atoms with van der Waals surface area (Å²) in [6, 6.07) is 2.85. The molecule has 1 rings (SSSR count). The highest BCUT2D eigenvalue weighted by molar-refractivity contribution is 14.1. The molecule has 0 spiro atoms. The summed E-state index contributed by atoms with van der Waals surface area (Å²) in [5.41, 5.74) is 5.96. The second-order valence-electron chi connectivity index (χ2n) is 4.61. The number of rotatable bonds is 4. The molecule has 17 heavy (non-hydrogen) atoms. The lowest BCUT2D eigenvalue weighted by atomic mass is 10.2. The molecule has 0 saturated heterocycles. The highest BCUT2D eigenvalue weighted by Gasteiger charge is 2.10. The van der Waals surface area contributed by atoms with Crippen LogP contribution in [0, 0.1) is 9.39 Å². The van der Waals surface area contributed by atoms with Gasteiger partial charge in [0.25, 0.3) is 0 Å². The van der Waals surface area contributed by atoms with Crippen LogP contribution in [-0.2, 0) is 4.74 Å². The van der Waals surface area contributed by atoms with Gasteiger partial charge in [-0.15, -0.1) is 0 Å². The van der Waals surface area contributed by atoms with Crippen molar-refractivity contribution in [3.63, 3.8) is 0 Å². The Kier molecular flexibility index (Phi) is 5.00. The maximum Gasteiger partial charge on any atom is 0.145 e.